The van der Waals surface area contributed by atoms with Gasteiger partial charge in [-0.3, -0.25) is 14.8 Å². The van der Waals surface area contributed by atoms with E-state index < -0.39 is 23.8 Å². The lowest BCUT2D eigenvalue weighted by Crippen LogP contribution is -2.36. The van der Waals surface area contributed by atoms with E-state index >= 15 is 0 Å². The van der Waals surface area contributed by atoms with E-state index in [0.717, 1.165) is 5.56 Å². The van der Waals surface area contributed by atoms with E-state index in [0.29, 0.717) is 17.0 Å². The van der Waals surface area contributed by atoms with E-state index in [9.17, 15) is 9.59 Å². The van der Waals surface area contributed by atoms with E-state index in [-0.39, 0.29) is 0 Å². The average Bonchev–Trinajstić information content (AvgIpc) is 2.53. The zero-order valence-corrected chi connectivity index (χ0v) is 13.0. The van der Waals surface area contributed by atoms with Crippen molar-refractivity contribution < 1.29 is 19.1 Å². The summed E-state index contributed by atoms with van der Waals surface area (Å²) in [6.45, 7) is 3.49. The number of pyridine rings is 1. The molecule has 1 aliphatic heterocycles. The quantitative estimate of drug-likeness (QED) is 0.797. The minimum atomic E-state index is -0.662. The van der Waals surface area contributed by atoms with Crippen molar-refractivity contribution in [3.05, 3.63) is 41.4 Å². The van der Waals surface area contributed by atoms with Crippen LogP contribution in [0.5, 0.6) is 0 Å². The van der Waals surface area contributed by atoms with Gasteiger partial charge in [-0.05, 0) is 31.5 Å². The van der Waals surface area contributed by atoms with Crippen LogP contribution in [-0.4, -0.2) is 36.9 Å². The summed E-state index contributed by atoms with van der Waals surface area (Å²) in [7, 11) is 2.63. The zero-order chi connectivity index (χ0) is 16.3. The van der Waals surface area contributed by atoms with E-state index in [1.807, 2.05) is 0 Å². The van der Waals surface area contributed by atoms with Gasteiger partial charge in [0.1, 0.15) is 5.92 Å². The molecule has 2 atom stereocenters. The predicted octanol–water partition coefficient (Wildman–Crippen LogP) is 1.88. The molecule has 2 heterocycles. The third-order valence-corrected chi connectivity index (χ3v) is 3.75. The van der Waals surface area contributed by atoms with Gasteiger partial charge in [-0.15, -0.1) is 0 Å². The minimum Gasteiger partial charge on any atom is -0.468 e. The van der Waals surface area contributed by atoms with Gasteiger partial charge in [-0.2, -0.15) is 0 Å². The van der Waals surface area contributed by atoms with Crippen LogP contribution in [0.4, 0.5) is 0 Å². The fourth-order valence-corrected chi connectivity index (χ4v) is 2.78. The average molecular weight is 302 g/mol. The molecular weight excluding hydrogens is 284 g/mol. The number of nitrogens with zero attached hydrogens (tertiary/aromatic N) is 2. The predicted molar refractivity (Wildman–Crippen MR) is 80.3 cm³/mol. The molecule has 0 fully saturated rings. The molecule has 1 aliphatic rings. The second kappa shape index (κ2) is 6.51. The van der Waals surface area contributed by atoms with Crippen LogP contribution in [0.1, 0.15) is 25.3 Å². The second-order valence-electron chi connectivity index (χ2n) is 5.00. The molecule has 0 aliphatic carbocycles. The Kier molecular flexibility index (Phi) is 4.70. The molecule has 6 nitrogen and oxygen atoms in total. The van der Waals surface area contributed by atoms with Crippen LogP contribution in [0.25, 0.3) is 0 Å². The molecular formula is C16H18N2O4. The molecule has 0 saturated carbocycles. The molecule has 0 radical (unpaired) electrons. The van der Waals surface area contributed by atoms with Gasteiger partial charge in [0.2, 0.25) is 0 Å². The maximum atomic E-state index is 12.2. The van der Waals surface area contributed by atoms with Gasteiger partial charge in [0.15, 0.2) is 0 Å². The summed E-state index contributed by atoms with van der Waals surface area (Å²) in [5.74, 6) is -2.09. The smallest absolute Gasteiger partial charge is 0.336 e. The summed E-state index contributed by atoms with van der Waals surface area (Å²) < 4.78 is 9.77. The highest BCUT2D eigenvalue weighted by Gasteiger charge is 2.41. The van der Waals surface area contributed by atoms with E-state index in [1.54, 1.807) is 38.4 Å². The van der Waals surface area contributed by atoms with E-state index in [4.69, 9.17) is 9.47 Å². The topological polar surface area (TPSA) is 77.8 Å². The number of aromatic nitrogens is 1. The van der Waals surface area contributed by atoms with Crippen molar-refractivity contribution in [1.29, 1.82) is 0 Å². The molecule has 2 rings (SSSR count). The summed E-state index contributed by atoms with van der Waals surface area (Å²) in [6.07, 6.45) is 3.24. The first-order valence-corrected chi connectivity index (χ1v) is 6.83. The maximum Gasteiger partial charge on any atom is 0.336 e. The number of rotatable bonds is 3. The van der Waals surface area contributed by atoms with Gasteiger partial charge < -0.3 is 9.47 Å². The van der Waals surface area contributed by atoms with Crippen LogP contribution in [0.15, 0.2) is 40.8 Å². The SMILES string of the molecule is COC(=O)C1=C(C)N=C(C)C(C(=O)OC)[C@H]1c1ccncc1. The molecule has 1 unspecified atom stereocenters. The van der Waals surface area contributed by atoms with Crippen molar-refractivity contribution in [2.45, 2.75) is 19.8 Å². The third kappa shape index (κ3) is 2.77. The first kappa shape index (κ1) is 15.9. The standard InChI is InChI=1S/C16H18N2O4/c1-9-12(15(19)21-3)14(11-5-7-17-8-6-11)13(10(2)18-9)16(20)22-4/h5-8,12,14H,1-4H3/t12?,14-/m1/s1. The van der Waals surface area contributed by atoms with Crippen molar-refractivity contribution in [3.8, 4) is 0 Å². The van der Waals surface area contributed by atoms with Crippen LogP contribution in [-0.2, 0) is 19.1 Å². The van der Waals surface area contributed by atoms with Crippen LogP contribution < -0.4 is 0 Å². The minimum absolute atomic E-state index is 0.370. The van der Waals surface area contributed by atoms with Gasteiger partial charge in [0.05, 0.1) is 19.8 Å². The maximum absolute atomic E-state index is 12.2. The molecule has 0 saturated heterocycles. The molecule has 0 bridgehead atoms. The molecule has 0 amide bonds. The van der Waals surface area contributed by atoms with Crippen LogP contribution >= 0.6 is 0 Å². The first-order valence-electron chi connectivity index (χ1n) is 6.83. The lowest BCUT2D eigenvalue weighted by atomic mass is 9.76. The summed E-state index contributed by atoms with van der Waals surface area (Å²) in [5.41, 5.74) is 2.32. The Balaban J connectivity index is 2.64. The Bertz CT molecular complexity index is 649. The monoisotopic (exact) mass is 302 g/mol. The number of ether oxygens (including phenoxy) is 2. The van der Waals surface area contributed by atoms with Gasteiger partial charge in [0.25, 0.3) is 0 Å². The Morgan fingerprint density at radius 1 is 1.09 bits per heavy atom. The summed E-state index contributed by atoms with van der Waals surface area (Å²) >= 11 is 0. The van der Waals surface area contributed by atoms with Crippen LogP contribution in [0.3, 0.4) is 0 Å². The third-order valence-electron chi connectivity index (χ3n) is 3.75. The fraction of sp³-hybridized carbons (Fsp3) is 0.375. The van der Waals surface area contributed by atoms with E-state index in [1.165, 1.54) is 14.2 Å². The fourth-order valence-electron chi connectivity index (χ4n) is 2.78. The Hall–Kier alpha value is -2.50. The molecule has 0 spiro atoms. The molecule has 1 aromatic rings. The first-order chi connectivity index (χ1) is 10.5. The van der Waals surface area contributed by atoms with Gasteiger partial charge in [-0.1, -0.05) is 0 Å². The number of carbonyl (C=O) groups is 2. The van der Waals surface area contributed by atoms with E-state index in [2.05, 4.69) is 9.98 Å². The highest BCUT2D eigenvalue weighted by Crippen LogP contribution is 2.39. The van der Waals surface area contributed by atoms with Gasteiger partial charge >= 0.3 is 11.9 Å². The molecule has 116 valence electrons. The number of hydrogen-bond acceptors (Lipinski definition) is 6. The number of allylic oxidation sites excluding steroid dienone is 1. The highest BCUT2D eigenvalue weighted by atomic mass is 16.5. The summed E-state index contributed by atoms with van der Waals surface area (Å²) in [6, 6.07) is 3.55. The lowest BCUT2D eigenvalue weighted by molar-refractivity contribution is -0.143. The molecule has 0 aromatic carbocycles. The Morgan fingerprint density at radius 2 is 1.73 bits per heavy atom. The number of esters is 2. The van der Waals surface area contributed by atoms with Crippen LogP contribution in [0, 0.1) is 5.92 Å². The van der Waals surface area contributed by atoms with Crippen molar-refractivity contribution in [3.63, 3.8) is 0 Å². The number of methoxy groups -OCH3 is 2. The highest BCUT2D eigenvalue weighted by molar-refractivity contribution is 6.06. The lowest BCUT2D eigenvalue weighted by Gasteiger charge is -2.30. The summed E-state index contributed by atoms with van der Waals surface area (Å²) in [4.78, 5) is 32.8. The molecule has 6 heteroatoms. The number of hydrogen-bond donors (Lipinski definition) is 0. The second-order valence-corrected chi connectivity index (χ2v) is 5.00. The Morgan fingerprint density at radius 3 is 2.27 bits per heavy atom. The normalized spacial score (nSPS) is 21.2. The van der Waals surface area contributed by atoms with Crippen molar-refractivity contribution in [1.82, 2.24) is 4.98 Å². The van der Waals surface area contributed by atoms with Crippen molar-refractivity contribution in [2.75, 3.05) is 14.2 Å². The summed E-state index contributed by atoms with van der Waals surface area (Å²) in [5, 5.41) is 0. The zero-order valence-electron chi connectivity index (χ0n) is 13.0. The van der Waals surface area contributed by atoms with Crippen molar-refractivity contribution in [2.24, 2.45) is 10.9 Å². The molecule has 0 N–H and O–H groups in total. The molecule has 1 aromatic heterocycles. The van der Waals surface area contributed by atoms with Crippen LogP contribution in [0.2, 0.25) is 0 Å². The number of aliphatic imine (C=N–C) groups is 1. The van der Waals surface area contributed by atoms with Gasteiger partial charge in [-0.25, -0.2) is 4.79 Å². The Labute approximate surface area is 128 Å². The number of carbonyl (C=O) groups excluding carboxylic acids is 2. The largest absolute Gasteiger partial charge is 0.468 e. The molecule has 22 heavy (non-hydrogen) atoms. The van der Waals surface area contributed by atoms with Crippen molar-refractivity contribution >= 4 is 17.7 Å². The van der Waals surface area contributed by atoms with Gasteiger partial charge in [0, 0.05) is 29.7 Å².